The molecule has 94 valence electrons. The fraction of sp³-hybridized carbons (Fsp3) is 0.286. The number of benzene rings is 1. The molecule has 4 heteroatoms. The average Bonchev–Trinajstić information content (AvgIpc) is 2.90. The van der Waals surface area contributed by atoms with Gasteiger partial charge in [0.05, 0.1) is 18.6 Å². The summed E-state index contributed by atoms with van der Waals surface area (Å²) in [6, 6.07) is 7.60. The Bertz CT molecular complexity index is 488. The van der Waals surface area contributed by atoms with Gasteiger partial charge in [-0.25, -0.2) is 4.98 Å². The predicted octanol–water partition coefficient (Wildman–Crippen LogP) is 3.00. The number of anilines is 1. The van der Waals surface area contributed by atoms with Crippen LogP contribution < -0.4 is 5.32 Å². The molecule has 0 aliphatic heterocycles. The summed E-state index contributed by atoms with van der Waals surface area (Å²) in [5, 5.41) is 3.26. The Morgan fingerprint density at radius 3 is 2.72 bits per heavy atom. The lowest BCUT2D eigenvalue weighted by atomic mass is 10.1. The third-order valence-electron chi connectivity index (χ3n) is 2.72. The fourth-order valence-electron chi connectivity index (χ4n) is 1.72. The molecule has 0 atom stereocenters. The van der Waals surface area contributed by atoms with Gasteiger partial charge in [-0.1, -0.05) is 6.92 Å². The summed E-state index contributed by atoms with van der Waals surface area (Å²) in [7, 11) is 0. The number of hydrogen-bond acceptors (Lipinski definition) is 3. The Kier molecular flexibility index (Phi) is 4.12. The first-order valence-electron chi connectivity index (χ1n) is 6.14. The Morgan fingerprint density at radius 1 is 1.33 bits per heavy atom. The van der Waals surface area contributed by atoms with Gasteiger partial charge < -0.3 is 10.3 Å². The highest BCUT2D eigenvalue weighted by Gasteiger charge is 2.03. The summed E-state index contributed by atoms with van der Waals surface area (Å²) < 4.78 is 0. The number of hydrogen-bond donors (Lipinski definition) is 2. The van der Waals surface area contributed by atoms with E-state index in [0.29, 0.717) is 13.0 Å². The topological polar surface area (TPSA) is 57.8 Å². The number of nitrogens with zero attached hydrogens (tertiary/aromatic N) is 1. The zero-order chi connectivity index (χ0) is 12.8. The number of carbonyl (C=O) groups is 1. The normalized spacial score (nSPS) is 10.3. The van der Waals surface area contributed by atoms with E-state index in [0.717, 1.165) is 23.4 Å². The molecule has 18 heavy (non-hydrogen) atoms. The van der Waals surface area contributed by atoms with Crippen LogP contribution in [0, 0.1) is 0 Å². The Morgan fingerprint density at radius 2 is 2.11 bits per heavy atom. The minimum atomic E-state index is 0.206. The first kappa shape index (κ1) is 12.4. The number of rotatable bonds is 6. The summed E-state index contributed by atoms with van der Waals surface area (Å²) in [6.07, 6.45) is 4.94. The van der Waals surface area contributed by atoms with E-state index in [1.165, 1.54) is 0 Å². The smallest absolute Gasteiger partial charge is 0.162 e. The standard InChI is InChI=1S/C14H17N3O/c1-2-3-14(18)11-4-6-12(7-5-11)16-9-13-8-15-10-17-13/h4-8,10,16H,2-3,9H2,1H3,(H,15,17). The zero-order valence-corrected chi connectivity index (χ0v) is 10.4. The summed E-state index contributed by atoms with van der Waals surface area (Å²) in [5.74, 6) is 0.206. The van der Waals surface area contributed by atoms with Crippen molar-refractivity contribution in [3.05, 3.63) is 48.0 Å². The van der Waals surface area contributed by atoms with Gasteiger partial charge in [-0.2, -0.15) is 0 Å². The largest absolute Gasteiger partial charge is 0.379 e. The number of Topliss-reactive ketones (excluding diaryl/α,β-unsaturated/α-hetero) is 1. The van der Waals surface area contributed by atoms with Crippen LogP contribution in [0.3, 0.4) is 0 Å². The highest BCUT2D eigenvalue weighted by Crippen LogP contribution is 2.12. The summed E-state index contributed by atoms with van der Waals surface area (Å²) in [6.45, 7) is 2.71. The van der Waals surface area contributed by atoms with Crippen molar-refractivity contribution in [3.8, 4) is 0 Å². The van der Waals surface area contributed by atoms with Crippen molar-refractivity contribution < 1.29 is 4.79 Å². The van der Waals surface area contributed by atoms with E-state index < -0.39 is 0 Å². The zero-order valence-electron chi connectivity index (χ0n) is 10.4. The van der Waals surface area contributed by atoms with E-state index in [1.54, 1.807) is 12.5 Å². The highest BCUT2D eigenvalue weighted by atomic mass is 16.1. The molecule has 0 bridgehead atoms. The van der Waals surface area contributed by atoms with Crippen molar-refractivity contribution in [2.45, 2.75) is 26.3 Å². The highest BCUT2D eigenvalue weighted by molar-refractivity contribution is 5.96. The van der Waals surface area contributed by atoms with Crippen LogP contribution in [0.2, 0.25) is 0 Å². The minimum absolute atomic E-state index is 0.206. The third-order valence-corrected chi connectivity index (χ3v) is 2.72. The third kappa shape index (κ3) is 3.20. The van der Waals surface area contributed by atoms with Gasteiger partial charge in [-0.05, 0) is 30.7 Å². The van der Waals surface area contributed by atoms with E-state index >= 15 is 0 Å². The average molecular weight is 243 g/mol. The Balaban J connectivity index is 1.93. The van der Waals surface area contributed by atoms with Crippen molar-refractivity contribution in [1.29, 1.82) is 0 Å². The molecule has 2 aromatic rings. The van der Waals surface area contributed by atoms with Crippen molar-refractivity contribution in [2.24, 2.45) is 0 Å². The van der Waals surface area contributed by atoms with Gasteiger partial charge >= 0.3 is 0 Å². The summed E-state index contributed by atoms with van der Waals surface area (Å²) in [5.41, 5.74) is 2.81. The van der Waals surface area contributed by atoms with E-state index in [4.69, 9.17) is 0 Å². The second kappa shape index (κ2) is 6.00. The lowest BCUT2D eigenvalue weighted by molar-refractivity contribution is 0.0982. The van der Waals surface area contributed by atoms with Gasteiger partial charge in [-0.3, -0.25) is 4.79 Å². The first-order valence-corrected chi connectivity index (χ1v) is 6.14. The molecule has 0 amide bonds. The lowest BCUT2D eigenvalue weighted by Crippen LogP contribution is -2.01. The first-order chi connectivity index (χ1) is 8.79. The van der Waals surface area contributed by atoms with Crippen molar-refractivity contribution in [3.63, 3.8) is 0 Å². The molecule has 1 aromatic heterocycles. The lowest BCUT2D eigenvalue weighted by Gasteiger charge is -2.05. The summed E-state index contributed by atoms with van der Waals surface area (Å²) in [4.78, 5) is 18.6. The maximum absolute atomic E-state index is 11.7. The van der Waals surface area contributed by atoms with Gasteiger partial charge in [0, 0.05) is 23.9 Å². The van der Waals surface area contributed by atoms with Crippen molar-refractivity contribution in [1.82, 2.24) is 9.97 Å². The molecule has 0 fully saturated rings. The Hall–Kier alpha value is -2.10. The number of aromatic amines is 1. The molecular formula is C14H17N3O. The van der Waals surface area contributed by atoms with Crippen LogP contribution in [0.25, 0.3) is 0 Å². The number of aromatic nitrogens is 2. The molecule has 0 aliphatic carbocycles. The van der Waals surface area contributed by atoms with E-state index in [2.05, 4.69) is 15.3 Å². The number of imidazole rings is 1. The molecule has 0 saturated carbocycles. The fourth-order valence-corrected chi connectivity index (χ4v) is 1.72. The second-order valence-corrected chi connectivity index (χ2v) is 4.18. The molecule has 4 nitrogen and oxygen atoms in total. The van der Waals surface area contributed by atoms with Gasteiger partial charge in [0.15, 0.2) is 5.78 Å². The monoisotopic (exact) mass is 243 g/mol. The van der Waals surface area contributed by atoms with Gasteiger partial charge in [0.2, 0.25) is 0 Å². The van der Waals surface area contributed by atoms with Gasteiger partial charge in [0.25, 0.3) is 0 Å². The van der Waals surface area contributed by atoms with Crippen LogP contribution in [-0.4, -0.2) is 15.8 Å². The van der Waals surface area contributed by atoms with Gasteiger partial charge in [-0.15, -0.1) is 0 Å². The quantitative estimate of drug-likeness (QED) is 0.767. The number of H-pyrrole nitrogens is 1. The van der Waals surface area contributed by atoms with Crippen molar-refractivity contribution in [2.75, 3.05) is 5.32 Å². The van der Waals surface area contributed by atoms with Crippen LogP contribution in [0.5, 0.6) is 0 Å². The SMILES string of the molecule is CCCC(=O)c1ccc(NCc2cnc[nH]2)cc1. The molecular weight excluding hydrogens is 226 g/mol. The minimum Gasteiger partial charge on any atom is -0.379 e. The molecule has 2 N–H and O–H groups in total. The van der Waals surface area contributed by atoms with Crippen LogP contribution in [0.1, 0.15) is 35.8 Å². The maximum Gasteiger partial charge on any atom is 0.162 e. The van der Waals surface area contributed by atoms with Crippen molar-refractivity contribution >= 4 is 11.5 Å². The molecule has 0 radical (unpaired) electrons. The molecule has 1 aromatic carbocycles. The van der Waals surface area contributed by atoms with Crippen LogP contribution >= 0.6 is 0 Å². The number of carbonyl (C=O) groups excluding carboxylic acids is 1. The molecule has 0 aliphatic rings. The molecule has 1 heterocycles. The van der Waals surface area contributed by atoms with E-state index in [1.807, 2.05) is 31.2 Å². The van der Waals surface area contributed by atoms with E-state index in [9.17, 15) is 4.79 Å². The van der Waals surface area contributed by atoms with Crippen LogP contribution in [0.15, 0.2) is 36.8 Å². The molecule has 0 unspecified atom stereocenters. The molecule has 0 saturated heterocycles. The number of ketones is 1. The molecule has 2 rings (SSSR count). The molecule has 0 spiro atoms. The van der Waals surface area contributed by atoms with Crippen LogP contribution in [0.4, 0.5) is 5.69 Å². The number of nitrogens with one attached hydrogen (secondary N) is 2. The van der Waals surface area contributed by atoms with Gasteiger partial charge in [0.1, 0.15) is 0 Å². The summed E-state index contributed by atoms with van der Waals surface area (Å²) >= 11 is 0. The van der Waals surface area contributed by atoms with Crippen LogP contribution in [-0.2, 0) is 6.54 Å². The predicted molar refractivity (Wildman–Crippen MR) is 71.6 cm³/mol. The van der Waals surface area contributed by atoms with E-state index in [-0.39, 0.29) is 5.78 Å². The second-order valence-electron chi connectivity index (χ2n) is 4.18. The maximum atomic E-state index is 11.7. The Labute approximate surface area is 106 Å².